The Labute approximate surface area is 190 Å². The fraction of sp³-hybridized carbons (Fsp3) is 0.333. The molecule has 1 fully saturated rings. The Balaban J connectivity index is 1.51. The van der Waals surface area contributed by atoms with Crippen LogP contribution in [0.5, 0.6) is 5.75 Å². The monoisotopic (exact) mass is 429 g/mol. The normalized spacial score (nSPS) is 18.8. The largest absolute Gasteiger partial charge is 0.497 e. The SMILES string of the molecule is CNC(=O)C1(Cc2ccc(-c3ccc(OC)cc3)cc2)CCCN(Cc2ccncc2)C1. The van der Waals surface area contributed by atoms with E-state index >= 15 is 0 Å². The maximum atomic E-state index is 13.1. The maximum Gasteiger partial charge on any atom is 0.227 e. The number of nitrogens with zero attached hydrogens (tertiary/aromatic N) is 2. The first kappa shape index (κ1) is 22.0. The van der Waals surface area contributed by atoms with Crippen LogP contribution in [0.25, 0.3) is 11.1 Å². The molecule has 0 spiro atoms. The zero-order valence-corrected chi connectivity index (χ0v) is 18.9. The van der Waals surface area contributed by atoms with Crippen LogP contribution >= 0.6 is 0 Å². The Kier molecular flexibility index (Phi) is 6.86. The van der Waals surface area contributed by atoms with Crippen molar-refractivity contribution in [3.63, 3.8) is 0 Å². The van der Waals surface area contributed by atoms with E-state index in [-0.39, 0.29) is 5.91 Å². The smallest absolute Gasteiger partial charge is 0.227 e. The summed E-state index contributed by atoms with van der Waals surface area (Å²) in [5.74, 6) is 0.989. The van der Waals surface area contributed by atoms with Gasteiger partial charge in [0.25, 0.3) is 0 Å². The van der Waals surface area contributed by atoms with E-state index in [0.29, 0.717) is 0 Å². The highest BCUT2D eigenvalue weighted by atomic mass is 16.5. The van der Waals surface area contributed by atoms with Crippen molar-refractivity contribution in [2.45, 2.75) is 25.8 Å². The van der Waals surface area contributed by atoms with Crippen LogP contribution in [-0.4, -0.2) is 43.0 Å². The molecule has 1 amide bonds. The summed E-state index contributed by atoms with van der Waals surface area (Å²) in [5, 5.41) is 2.94. The number of hydrogen-bond donors (Lipinski definition) is 1. The van der Waals surface area contributed by atoms with Crippen LogP contribution in [0.15, 0.2) is 73.1 Å². The highest BCUT2D eigenvalue weighted by Crippen LogP contribution is 2.35. The van der Waals surface area contributed by atoms with E-state index in [0.717, 1.165) is 55.8 Å². The molecule has 32 heavy (non-hydrogen) atoms. The Bertz CT molecular complexity index is 1020. The molecule has 0 aliphatic carbocycles. The third-order valence-electron chi connectivity index (χ3n) is 6.44. The lowest BCUT2D eigenvalue weighted by Crippen LogP contribution is -2.52. The summed E-state index contributed by atoms with van der Waals surface area (Å²) in [4.78, 5) is 19.6. The number of carbonyl (C=O) groups excluding carboxylic acids is 1. The van der Waals surface area contributed by atoms with Crippen LogP contribution in [0.2, 0.25) is 0 Å². The third-order valence-corrected chi connectivity index (χ3v) is 6.44. The molecule has 0 radical (unpaired) electrons. The highest BCUT2D eigenvalue weighted by Gasteiger charge is 2.41. The summed E-state index contributed by atoms with van der Waals surface area (Å²) in [6.45, 7) is 2.62. The summed E-state index contributed by atoms with van der Waals surface area (Å²) in [5.41, 5.74) is 4.32. The van der Waals surface area contributed by atoms with Gasteiger partial charge in [-0.3, -0.25) is 14.7 Å². The molecule has 5 nitrogen and oxygen atoms in total. The van der Waals surface area contributed by atoms with E-state index in [1.165, 1.54) is 11.1 Å². The van der Waals surface area contributed by atoms with Gasteiger partial charge in [0, 0.05) is 32.5 Å². The standard InChI is InChI=1S/C27H31N3O2/c1-28-26(31)27(14-3-17-30(20-27)19-22-12-15-29-16-13-22)18-21-4-6-23(7-5-21)24-8-10-25(32-2)11-9-24/h4-13,15-16H,3,14,17-20H2,1-2H3,(H,28,31). The van der Waals surface area contributed by atoms with Crippen molar-refractivity contribution >= 4 is 5.91 Å². The quantitative estimate of drug-likeness (QED) is 0.607. The molecule has 166 valence electrons. The summed E-state index contributed by atoms with van der Waals surface area (Å²) >= 11 is 0. The number of piperidine rings is 1. The second kappa shape index (κ2) is 9.96. The first-order valence-electron chi connectivity index (χ1n) is 11.2. The number of rotatable bonds is 7. The fourth-order valence-corrected chi connectivity index (χ4v) is 4.77. The van der Waals surface area contributed by atoms with Gasteiger partial charge in [0.2, 0.25) is 5.91 Å². The van der Waals surface area contributed by atoms with Gasteiger partial charge in [-0.25, -0.2) is 0 Å². The van der Waals surface area contributed by atoms with Crippen molar-refractivity contribution in [1.82, 2.24) is 15.2 Å². The molecule has 1 unspecified atom stereocenters. The molecule has 1 aromatic heterocycles. The second-order valence-corrected chi connectivity index (χ2v) is 8.63. The first-order valence-corrected chi connectivity index (χ1v) is 11.2. The zero-order chi connectivity index (χ0) is 22.4. The van der Waals surface area contributed by atoms with E-state index in [1.54, 1.807) is 14.2 Å². The summed E-state index contributed by atoms with van der Waals surface area (Å²) in [6.07, 6.45) is 6.32. The molecule has 0 saturated carbocycles. The lowest BCUT2D eigenvalue weighted by Gasteiger charge is -2.41. The van der Waals surface area contributed by atoms with Crippen molar-refractivity contribution in [3.8, 4) is 16.9 Å². The summed E-state index contributed by atoms with van der Waals surface area (Å²) in [7, 11) is 3.42. The number of ether oxygens (including phenoxy) is 1. The average Bonchev–Trinajstić information content (AvgIpc) is 2.85. The molecule has 5 heteroatoms. The number of benzene rings is 2. The number of carbonyl (C=O) groups is 1. The Morgan fingerprint density at radius 3 is 2.28 bits per heavy atom. The van der Waals surface area contributed by atoms with Crippen LogP contribution in [0.1, 0.15) is 24.0 Å². The molecule has 1 aliphatic rings. The van der Waals surface area contributed by atoms with Gasteiger partial charge in [-0.05, 0) is 72.3 Å². The van der Waals surface area contributed by atoms with E-state index in [4.69, 9.17) is 4.74 Å². The Morgan fingerprint density at radius 1 is 1.00 bits per heavy atom. The van der Waals surface area contributed by atoms with Crippen LogP contribution < -0.4 is 10.1 Å². The molecule has 3 aromatic rings. The molecule has 4 rings (SSSR count). The second-order valence-electron chi connectivity index (χ2n) is 8.63. The molecule has 0 bridgehead atoms. The minimum absolute atomic E-state index is 0.135. The van der Waals surface area contributed by atoms with Crippen molar-refractivity contribution < 1.29 is 9.53 Å². The number of likely N-dealkylation sites (tertiary alicyclic amines) is 1. The predicted molar refractivity (Wildman–Crippen MR) is 127 cm³/mol. The van der Waals surface area contributed by atoms with Crippen molar-refractivity contribution in [2.75, 3.05) is 27.2 Å². The molecule has 1 aliphatic heterocycles. The number of nitrogens with one attached hydrogen (secondary N) is 1. The van der Waals surface area contributed by atoms with Gasteiger partial charge in [0.05, 0.1) is 12.5 Å². The van der Waals surface area contributed by atoms with Gasteiger partial charge in [0.15, 0.2) is 0 Å². The van der Waals surface area contributed by atoms with Crippen molar-refractivity contribution in [1.29, 1.82) is 0 Å². The van der Waals surface area contributed by atoms with E-state index < -0.39 is 5.41 Å². The Hall–Kier alpha value is -3.18. The van der Waals surface area contributed by atoms with Gasteiger partial charge in [0.1, 0.15) is 5.75 Å². The maximum absolute atomic E-state index is 13.1. The predicted octanol–water partition coefficient (Wildman–Crippen LogP) is 4.33. The summed E-state index contributed by atoms with van der Waals surface area (Å²) in [6, 6.07) is 20.8. The van der Waals surface area contributed by atoms with Gasteiger partial charge >= 0.3 is 0 Å². The molecule has 1 N–H and O–H groups in total. The lowest BCUT2D eigenvalue weighted by molar-refractivity contribution is -0.134. The fourth-order valence-electron chi connectivity index (χ4n) is 4.77. The lowest BCUT2D eigenvalue weighted by atomic mass is 9.74. The minimum Gasteiger partial charge on any atom is -0.497 e. The first-order chi connectivity index (χ1) is 15.6. The van der Waals surface area contributed by atoms with Crippen LogP contribution in [0.3, 0.4) is 0 Å². The van der Waals surface area contributed by atoms with Crippen LogP contribution in [0, 0.1) is 5.41 Å². The average molecular weight is 430 g/mol. The van der Waals surface area contributed by atoms with E-state index in [2.05, 4.69) is 51.6 Å². The van der Waals surface area contributed by atoms with E-state index in [9.17, 15) is 4.79 Å². The van der Waals surface area contributed by atoms with Gasteiger partial charge in [-0.1, -0.05) is 36.4 Å². The van der Waals surface area contributed by atoms with Crippen LogP contribution in [-0.2, 0) is 17.8 Å². The van der Waals surface area contributed by atoms with Gasteiger partial charge in [-0.2, -0.15) is 0 Å². The highest BCUT2D eigenvalue weighted by molar-refractivity contribution is 5.83. The zero-order valence-electron chi connectivity index (χ0n) is 18.9. The number of amides is 1. The molecule has 2 aromatic carbocycles. The summed E-state index contributed by atoms with van der Waals surface area (Å²) < 4.78 is 5.25. The molecular weight excluding hydrogens is 398 g/mol. The molecule has 1 saturated heterocycles. The number of methoxy groups -OCH3 is 1. The van der Waals surface area contributed by atoms with Gasteiger partial charge < -0.3 is 10.1 Å². The van der Waals surface area contributed by atoms with Gasteiger partial charge in [-0.15, -0.1) is 0 Å². The van der Waals surface area contributed by atoms with Crippen LogP contribution in [0.4, 0.5) is 0 Å². The number of hydrogen-bond acceptors (Lipinski definition) is 4. The Morgan fingerprint density at radius 2 is 1.66 bits per heavy atom. The third kappa shape index (κ3) is 5.00. The number of pyridine rings is 1. The number of aromatic nitrogens is 1. The van der Waals surface area contributed by atoms with Crippen molar-refractivity contribution in [2.24, 2.45) is 5.41 Å². The van der Waals surface area contributed by atoms with Crippen molar-refractivity contribution in [3.05, 3.63) is 84.2 Å². The topological polar surface area (TPSA) is 54.5 Å². The molecule has 2 heterocycles. The molecule has 1 atom stereocenters. The van der Waals surface area contributed by atoms with E-state index in [1.807, 2.05) is 36.7 Å². The molecular formula is C27H31N3O2. The minimum atomic E-state index is -0.415.